The average Bonchev–Trinajstić information content (AvgIpc) is 2.44. The van der Waals surface area contributed by atoms with E-state index in [0.717, 1.165) is 16.6 Å². The van der Waals surface area contributed by atoms with Crippen molar-refractivity contribution in [3.8, 4) is 11.5 Å². The van der Waals surface area contributed by atoms with Gasteiger partial charge in [0.05, 0.1) is 9.95 Å². The Labute approximate surface area is 135 Å². The van der Waals surface area contributed by atoms with E-state index >= 15 is 0 Å². The molecule has 2 rings (SSSR count). The van der Waals surface area contributed by atoms with Crippen molar-refractivity contribution in [3.05, 3.63) is 61.6 Å². The Morgan fingerprint density at radius 1 is 1.33 bits per heavy atom. The normalized spacial score (nSPS) is 10.4. The Balaban J connectivity index is 2.22. The third-order valence-corrected chi connectivity index (χ3v) is 3.78. The summed E-state index contributed by atoms with van der Waals surface area (Å²) in [5.41, 5.74) is 1.03. The fourth-order valence-electron chi connectivity index (χ4n) is 1.74. The summed E-state index contributed by atoms with van der Waals surface area (Å²) < 4.78 is 6.56. The highest BCUT2D eigenvalue weighted by molar-refractivity contribution is 9.10. The van der Waals surface area contributed by atoms with Crippen LogP contribution in [0.15, 0.2) is 40.9 Å². The molecule has 21 heavy (non-hydrogen) atoms. The van der Waals surface area contributed by atoms with Crippen molar-refractivity contribution in [3.63, 3.8) is 0 Å². The number of ether oxygens (including phenoxy) is 1. The van der Waals surface area contributed by atoms with E-state index in [2.05, 4.69) is 21.2 Å². The summed E-state index contributed by atoms with van der Waals surface area (Å²) in [6.07, 6.45) is 0. The number of rotatable bonds is 5. The summed E-state index contributed by atoms with van der Waals surface area (Å²) in [6, 6.07) is 9.66. The number of nitro groups is 1. The van der Waals surface area contributed by atoms with E-state index in [1.807, 2.05) is 25.2 Å². The maximum Gasteiger partial charge on any atom is 0.271 e. The largest absolute Gasteiger partial charge is 0.456 e. The summed E-state index contributed by atoms with van der Waals surface area (Å²) in [4.78, 5) is 10.2. The van der Waals surface area contributed by atoms with Crippen LogP contribution in [0.1, 0.15) is 5.56 Å². The van der Waals surface area contributed by atoms with Crippen molar-refractivity contribution in [2.75, 3.05) is 7.05 Å². The van der Waals surface area contributed by atoms with Gasteiger partial charge in [-0.1, -0.05) is 33.6 Å². The fourth-order valence-corrected chi connectivity index (χ4v) is 2.45. The predicted octanol–water partition coefficient (Wildman–Crippen LogP) is 4.52. The molecule has 5 nitrogen and oxygen atoms in total. The number of non-ortho nitro benzene ring substituents is 1. The van der Waals surface area contributed by atoms with Gasteiger partial charge in [-0.15, -0.1) is 0 Å². The molecule has 0 saturated carbocycles. The van der Waals surface area contributed by atoms with Gasteiger partial charge >= 0.3 is 0 Å². The van der Waals surface area contributed by atoms with Gasteiger partial charge < -0.3 is 10.1 Å². The van der Waals surface area contributed by atoms with Gasteiger partial charge in [-0.2, -0.15) is 0 Å². The molecule has 0 radical (unpaired) electrons. The van der Waals surface area contributed by atoms with Crippen molar-refractivity contribution in [2.24, 2.45) is 0 Å². The van der Waals surface area contributed by atoms with Crippen LogP contribution in [0.5, 0.6) is 11.5 Å². The van der Waals surface area contributed by atoms with E-state index in [4.69, 9.17) is 16.3 Å². The number of halogens is 2. The van der Waals surface area contributed by atoms with Crippen LogP contribution in [0.25, 0.3) is 0 Å². The average molecular weight is 372 g/mol. The maximum absolute atomic E-state index is 10.7. The summed E-state index contributed by atoms with van der Waals surface area (Å²) in [7, 11) is 1.87. The van der Waals surface area contributed by atoms with Gasteiger partial charge in [0.15, 0.2) is 0 Å². The molecule has 0 aliphatic carbocycles. The molecule has 0 aliphatic heterocycles. The van der Waals surface area contributed by atoms with Gasteiger partial charge in [0.25, 0.3) is 5.69 Å². The van der Waals surface area contributed by atoms with E-state index < -0.39 is 4.92 Å². The number of hydrogen-bond donors (Lipinski definition) is 1. The maximum atomic E-state index is 10.7. The molecule has 0 amide bonds. The minimum atomic E-state index is -0.501. The van der Waals surface area contributed by atoms with E-state index in [1.54, 1.807) is 0 Å². The van der Waals surface area contributed by atoms with Crippen molar-refractivity contribution in [2.45, 2.75) is 6.54 Å². The second kappa shape index (κ2) is 6.89. The van der Waals surface area contributed by atoms with E-state index in [9.17, 15) is 10.1 Å². The standard InChI is InChI=1S/C14H12BrClN2O3/c1-17-8-9-2-4-11(7-12(9)15)21-14-5-3-10(18(19)20)6-13(14)16/h2-7,17H,8H2,1H3. The summed E-state index contributed by atoms with van der Waals surface area (Å²) >= 11 is 9.46. The molecule has 0 atom stereocenters. The highest BCUT2D eigenvalue weighted by atomic mass is 79.9. The molecule has 1 N–H and O–H groups in total. The first-order valence-corrected chi connectivity index (χ1v) is 7.23. The van der Waals surface area contributed by atoms with E-state index in [-0.39, 0.29) is 10.7 Å². The first-order chi connectivity index (χ1) is 10.0. The number of nitrogens with zero attached hydrogens (tertiary/aromatic N) is 1. The van der Waals surface area contributed by atoms with Crippen LogP contribution in [-0.2, 0) is 6.54 Å². The van der Waals surface area contributed by atoms with Gasteiger partial charge in [0, 0.05) is 23.2 Å². The SMILES string of the molecule is CNCc1ccc(Oc2ccc([N+](=O)[O-])cc2Cl)cc1Br. The fraction of sp³-hybridized carbons (Fsp3) is 0.143. The first-order valence-electron chi connectivity index (χ1n) is 6.06. The van der Waals surface area contributed by atoms with Gasteiger partial charge in [-0.3, -0.25) is 10.1 Å². The quantitative estimate of drug-likeness (QED) is 0.620. The molecule has 0 bridgehead atoms. The van der Waals surface area contributed by atoms with Crippen LogP contribution < -0.4 is 10.1 Å². The zero-order valence-corrected chi connectivity index (χ0v) is 13.4. The second-order valence-electron chi connectivity index (χ2n) is 4.26. The van der Waals surface area contributed by atoms with Gasteiger partial charge in [-0.25, -0.2) is 0 Å². The lowest BCUT2D eigenvalue weighted by Crippen LogP contribution is -2.05. The number of hydrogen-bond acceptors (Lipinski definition) is 4. The van der Waals surface area contributed by atoms with Crippen molar-refractivity contribution >= 4 is 33.2 Å². The summed E-state index contributed by atoms with van der Waals surface area (Å²) in [5, 5.41) is 13.9. The Morgan fingerprint density at radius 2 is 2.10 bits per heavy atom. The lowest BCUT2D eigenvalue weighted by molar-refractivity contribution is -0.384. The number of benzene rings is 2. The summed E-state index contributed by atoms with van der Waals surface area (Å²) in [5.74, 6) is 0.966. The van der Waals surface area contributed by atoms with E-state index in [0.29, 0.717) is 11.5 Å². The zero-order chi connectivity index (χ0) is 15.4. The highest BCUT2D eigenvalue weighted by Gasteiger charge is 2.11. The minimum Gasteiger partial charge on any atom is -0.456 e. The van der Waals surface area contributed by atoms with Crippen LogP contribution in [0, 0.1) is 10.1 Å². The van der Waals surface area contributed by atoms with Gasteiger partial charge in [0.1, 0.15) is 11.5 Å². The van der Waals surface area contributed by atoms with Crippen LogP contribution in [0.4, 0.5) is 5.69 Å². The number of nitro benzene ring substituents is 1. The Hall–Kier alpha value is -1.63. The Morgan fingerprint density at radius 3 is 2.67 bits per heavy atom. The van der Waals surface area contributed by atoms with Crippen LogP contribution in [-0.4, -0.2) is 12.0 Å². The molecular formula is C14H12BrClN2O3. The Bertz CT molecular complexity index is 679. The van der Waals surface area contributed by atoms with Crippen molar-refractivity contribution < 1.29 is 9.66 Å². The van der Waals surface area contributed by atoms with Crippen molar-refractivity contribution in [1.82, 2.24) is 5.32 Å². The molecule has 0 aliphatic rings. The minimum absolute atomic E-state index is 0.0714. The first kappa shape index (κ1) is 15.8. The molecular weight excluding hydrogens is 360 g/mol. The molecule has 2 aromatic rings. The van der Waals surface area contributed by atoms with Crippen LogP contribution in [0.2, 0.25) is 5.02 Å². The summed E-state index contributed by atoms with van der Waals surface area (Å²) in [6.45, 7) is 0.735. The topological polar surface area (TPSA) is 64.4 Å². The van der Waals surface area contributed by atoms with E-state index in [1.165, 1.54) is 18.2 Å². The molecule has 0 spiro atoms. The van der Waals surface area contributed by atoms with Gasteiger partial charge in [0.2, 0.25) is 0 Å². The third-order valence-electron chi connectivity index (χ3n) is 2.75. The van der Waals surface area contributed by atoms with Crippen LogP contribution >= 0.6 is 27.5 Å². The second-order valence-corrected chi connectivity index (χ2v) is 5.52. The lowest BCUT2D eigenvalue weighted by atomic mass is 10.2. The Kier molecular flexibility index (Phi) is 5.17. The number of nitrogens with one attached hydrogen (secondary N) is 1. The molecule has 110 valence electrons. The van der Waals surface area contributed by atoms with Gasteiger partial charge in [-0.05, 0) is 30.8 Å². The molecule has 0 aromatic heterocycles. The molecule has 2 aromatic carbocycles. The van der Waals surface area contributed by atoms with Crippen molar-refractivity contribution in [1.29, 1.82) is 0 Å². The smallest absolute Gasteiger partial charge is 0.271 e. The van der Waals surface area contributed by atoms with Crippen LogP contribution in [0.3, 0.4) is 0 Å². The monoisotopic (exact) mass is 370 g/mol. The molecule has 0 fully saturated rings. The lowest BCUT2D eigenvalue weighted by Gasteiger charge is -2.10. The molecule has 0 saturated heterocycles. The molecule has 0 unspecified atom stereocenters. The highest BCUT2D eigenvalue weighted by Crippen LogP contribution is 2.33. The zero-order valence-electron chi connectivity index (χ0n) is 11.1. The molecule has 0 heterocycles. The third kappa shape index (κ3) is 3.93. The molecule has 7 heteroatoms. The predicted molar refractivity (Wildman–Crippen MR) is 85.1 cm³/mol.